The van der Waals surface area contributed by atoms with E-state index in [1.165, 1.54) is 0 Å². The summed E-state index contributed by atoms with van der Waals surface area (Å²) in [7, 11) is 3.23. The summed E-state index contributed by atoms with van der Waals surface area (Å²) in [5.41, 5.74) is 3.83. The predicted molar refractivity (Wildman–Crippen MR) is 90.7 cm³/mol. The molecular formula is C18H18N2O4. The van der Waals surface area contributed by atoms with E-state index in [-0.39, 0.29) is 11.8 Å². The maximum atomic E-state index is 10.9. The molecule has 0 aromatic heterocycles. The molecule has 2 heterocycles. The summed E-state index contributed by atoms with van der Waals surface area (Å²) in [4.78, 5) is 21.9. The van der Waals surface area contributed by atoms with Crippen molar-refractivity contribution < 1.29 is 19.1 Å². The lowest BCUT2D eigenvalue weighted by Gasteiger charge is -2.01. The van der Waals surface area contributed by atoms with Crippen LogP contribution in [0.2, 0.25) is 0 Å². The third-order valence-corrected chi connectivity index (χ3v) is 3.88. The highest BCUT2D eigenvalue weighted by molar-refractivity contribution is 5.99. The fourth-order valence-electron chi connectivity index (χ4n) is 2.67. The summed E-state index contributed by atoms with van der Waals surface area (Å²) in [5.74, 6) is 1.70. The maximum absolute atomic E-state index is 10.9. The zero-order valence-corrected chi connectivity index (χ0v) is 13.5. The molecule has 2 aromatic rings. The van der Waals surface area contributed by atoms with Crippen molar-refractivity contribution in [2.75, 3.05) is 24.9 Å². The van der Waals surface area contributed by atoms with Crippen LogP contribution in [0.1, 0.15) is 11.1 Å². The van der Waals surface area contributed by atoms with Crippen LogP contribution >= 0.6 is 0 Å². The molecule has 0 saturated carbocycles. The van der Waals surface area contributed by atoms with Crippen molar-refractivity contribution in [3.05, 3.63) is 47.5 Å². The average Bonchev–Trinajstić information content (AvgIpc) is 3.13. The van der Waals surface area contributed by atoms with Gasteiger partial charge in [0.2, 0.25) is 11.8 Å². The normalized spacial score (nSPS) is 13.9. The second kappa shape index (κ2) is 6.62. The van der Waals surface area contributed by atoms with E-state index in [2.05, 4.69) is 10.6 Å². The standard InChI is InChI=1S/2C9H9NO2/c2*1-12-7-2-3-8-6(4-7)5-9(11)10-8/h2*2-4H,5H2,1H3,(H,10,11). The number of carbonyl (C=O) groups excluding carboxylic acids is 2. The summed E-state index contributed by atoms with van der Waals surface area (Å²) in [6.45, 7) is 0. The lowest BCUT2D eigenvalue weighted by atomic mass is 10.1. The van der Waals surface area contributed by atoms with Gasteiger partial charge < -0.3 is 20.1 Å². The number of benzene rings is 2. The quantitative estimate of drug-likeness (QED) is 0.888. The van der Waals surface area contributed by atoms with Crippen LogP contribution in [0.3, 0.4) is 0 Å². The number of hydrogen-bond donors (Lipinski definition) is 2. The number of fused-ring (bicyclic) bond motifs is 2. The van der Waals surface area contributed by atoms with Gasteiger partial charge in [-0.15, -0.1) is 0 Å². The number of rotatable bonds is 2. The number of methoxy groups -OCH3 is 2. The van der Waals surface area contributed by atoms with Crippen molar-refractivity contribution in [3.63, 3.8) is 0 Å². The first-order valence-electron chi connectivity index (χ1n) is 7.52. The van der Waals surface area contributed by atoms with Crippen molar-refractivity contribution >= 4 is 23.2 Å². The lowest BCUT2D eigenvalue weighted by Crippen LogP contribution is -2.03. The Hall–Kier alpha value is -3.02. The van der Waals surface area contributed by atoms with Crippen LogP contribution in [-0.2, 0) is 22.4 Å². The Balaban J connectivity index is 0.000000141. The zero-order valence-electron chi connectivity index (χ0n) is 13.5. The monoisotopic (exact) mass is 326 g/mol. The molecule has 2 N–H and O–H groups in total. The van der Waals surface area contributed by atoms with Gasteiger partial charge in [-0.1, -0.05) is 0 Å². The average molecular weight is 326 g/mol. The highest BCUT2D eigenvalue weighted by atomic mass is 16.5. The van der Waals surface area contributed by atoms with Gasteiger partial charge >= 0.3 is 0 Å². The molecule has 0 unspecified atom stereocenters. The van der Waals surface area contributed by atoms with E-state index < -0.39 is 0 Å². The Morgan fingerprint density at radius 2 is 1.17 bits per heavy atom. The molecule has 0 atom stereocenters. The Morgan fingerprint density at radius 1 is 0.750 bits per heavy atom. The molecule has 0 spiro atoms. The smallest absolute Gasteiger partial charge is 0.228 e. The van der Waals surface area contributed by atoms with Gasteiger partial charge in [-0.3, -0.25) is 9.59 Å². The van der Waals surface area contributed by atoms with Crippen LogP contribution < -0.4 is 20.1 Å². The zero-order chi connectivity index (χ0) is 17.1. The molecule has 2 aromatic carbocycles. The van der Waals surface area contributed by atoms with Crippen LogP contribution in [0.25, 0.3) is 0 Å². The van der Waals surface area contributed by atoms with Crippen LogP contribution in [0.15, 0.2) is 36.4 Å². The van der Waals surface area contributed by atoms with Crippen LogP contribution in [0, 0.1) is 0 Å². The topological polar surface area (TPSA) is 76.7 Å². The molecule has 2 amide bonds. The number of carbonyl (C=O) groups is 2. The van der Waals surface area contributed by atoms with Gasteiger partial charge in [-0.25, -0.2) is 0 Å². The SMILES string of the molecule is COc1ccc2c(c1)CC(=O)N2.COc1ccc2c(c1)CC(=O)N2. The molecule has 0 saturated heterocycles. The van der Waals surface area contributed by atoms with Crippen molar-refractivity contribution in [1.29, 1.82) is 0 Å². The summed E-state index contributed by atoms with van der Waals surface area (Å²) in [5, 5.41) is 5.51. The first kappa shape index (κ1) is 15.9. The minimum atomic E-state index is 0.0539. The third kappa shape index (κ3) is 3.32. The summed E-state index contributed by atoms with van der Waals surface area (Å²) in [6.07, 6.45) is 0.930. The summed E-state index contributed by atoms with van der Waals surface area (Å²) >= 11 is 0. The molecular weight excluding hydrogens is 308 g/mol. The number of nitrogens with one attached hydrogen (secondary N) is 2. The van der Waals surface area contributed by atoms with Gasteiger partial charge in [0.15, 0.2) is 0 Å². The van der Waals surface area contributed by atoms with Crippen LogP contribution in [0.4, 0.5) is 11.4 Å². The summed E-state index contributed by atoms with van der Waals surface area (Å²) < 4.78 is 10.1. The van der Waals surface area contributed by atoms with Gasteiger partial charge in [0.25, 0.3) is 0 Å². The molecule has 6 heteroatoms. The fraction of sp³-hybridized carbons (Fsp3) is 0.222. The number of anilines is 2. The Morgan fingerprint density at radius 3 is 1.54 bits per heavy atom. The van der Waals surface area contributed by atoms with Gasteiger partial charge in [-0.05, 0) is 47.5 Å². The van der Waals surface area contributed by atoms with Gasteiger partial charge in [0.1, 0.15) is 11.5 Å². The van der Waals surface area contributed by atoms with Crippen LogP contribution in [-0.4, -0.2) is 26.0 Å². The van der Waals surface area contributed by atoms with Crippen molar-refractivity contribution in [2.45, 2.75) is 12.8 Å². The highest BCUT2D eigenvalue weighted by Crippen LogP contribution is 2.27. The van der Waals surface area contributed by atoms with Crippen molar-refractivity contribution in [1.82, 2.24) is 0 Å². The summed E-state index contributed by atoms with van der Waals surface area (Å²) in [6, 6.07) is 11.2. The first-order chi connectivity index (χ1) is 11.6. The van der Waals surface area contributed by atoms with E-state index in [1.807, 2.05) is 36.4 Å². The van der Waals surface area contributed by atoms with Crippen molar-refractivity contribution in [3.8, 4) is 11.5 Å². The molecule has 2 aliphatic heterocycles. The molecule has 124 valence electrons. The Kier molecular flexibility index (Phi) is 4.37. The highest BCUT2D eigenvalue weighted by Gasteiger charge is 2.18. The maximum Gasteiger partial charge on any atom is 0.228 e. The number of hydrogen-bond acceptors (Lipinski definition) is 4. The minimum Gasteiger partial charge on any atom is -0.497 e. The first-order valence-corrected chi connectivity index (χ1v) is 7.52. The van der Waals surface area contributed by atoms with E-state index in [9.17, 15) is 9.59 Å². The second-order valence-corrected chi connectivity index (χ2v) is 5.50. The molecule has 0 fully saturated rings. The lowest BCUT2D eigenvalue weighted by molar-refractivity contribution is -0.115. The van der Waals surface area contributed by atoms with E-state index in [0.717, 1.165) is 34.0 Å². The van der Waals surface area contributed by atoms with Gasteiger partial charge in [0, 0.05) is 11.4 Å². The largest absolute Gasteiger partial charge is 0.497 e. The molecule has 6 nitrogen and oxygen atoms in total. The molecule has 0 aliphatic carbocycles. The Labute approximate surface area is 139 Å². The molecule has 0 bridgehead atoms. The third-order valence-electron chi connectivity index (χ3n) is 3.88. The van der Waals surface area contributed by atoms with Crippen molar-refractivity contribution in [2.24, 2.45) is 0 Å². The van der Waals surface area contributed by atoms with E-state index in [1.54, 1.807) is 14.2 Å². The predicted octanol–water partition coefficient (Wildman–Crippen LogP) is 2.38. The van der Waals surface area contributed by atoms with E-state index in [0.29, 0.717) is 12.8 Å². The minimum absolute atomic E-state index is 0.0539. The Bertz CT molecular complexity index is 734. The van der Waals surface area contributed by atoms with E-state index >= 15 is 0 Å². The van der Waals surface area contributed by atoms with E-state index in [4.69, 9.17) is 9.47 Å². The van der Waals surface area contributed by atoms with Gasteiger partial charge in [-0.2, -0.15) is 0 Å². The fourth-order valence-corrected chi connectivity index (χ4v) is 2.67. The molecule has 24 heavy (non-hydrogen) atoms. The molecule has 2 aliphatic rings. The van der Waals surface area contributed by atoms with Crippen LogP contribution in [0.5, 0.6) is 11.5 Å². The van der Waals surface area contributed by atoms with Gasteiger partial charge in [0.05, 0.1) is 27.1 Å². The second-order valence-electron chi connectivity index (χ2n) is 5.50. The number of ether oxygens (including phenoxy) is 2. The number of amides is 2. The molecule has 4 rings (SSSR count). The molecule has 0 radical (unpaired) electrons.